The van der Waals surface area contributed by atoms with Gasteiger partial charge in [0.15, 0.2) is 0 Å². The Labute approximate surface area is 103 Å². The second-order valence-electron chi connectivity index (χ2n) is 4.92. The van der Waals surface area contributed by atoms with E-state index in [9.17, 15) is 4.79 Å². The monoisotopic (exact) mass is 235 g/mol. The third-order valence-corrected chi connectivity index (χ3v) is 3.03. The molecule has 1 rings (SSSR count). The standard InChI is InChI=1S/C14H21NO2/c1-10(2)11(3)17-13(16)14(4,15)12-8-6-5-7-9-12/h5-11H,15H2,1-4H3. The van der Waals surface area contributed by atoms with Gasteiger partial charge in [0.1, 0.15) is 11.6 Å². The summed E-state index contributed by atoms with van der Waals surface area (Å²) in [6.45, 7) is 7.57. The van der Waals surface area contributed by atoms with E-state index in [2.05, 4.69) is 0 Å². The van der Waals surface area contributed by atoms with E-state index < -0.39 is 5.54 Å². The topological polar surface area (TPSA) is 52.3 Å². The van der Waals surface area contributed by atoms with Crippen molar-refractivity contribution < 1.29 is 9.53 Å². The van der Waals surface area contributed by atoms with Gasteiger partial charge in [0.05, 0.1) is 0 Å². The van der Waals surface area contributed by atoms with Crippen molar-refractivity contribution in [1.82, 2.24) is 0 Å². The van der Waals surface area contributed by atoms with Gasteiger partial charge in [-0.25, -0.2) is 4.79 Å². The van der Waals surface area contributed by atoms with Gasteiger partial charge in [0.25, 0.3) is 0 Å². The molecule has 2 unspecified atom stereocenters. The van der Waals surface area contributed by atoms with Crippen LogP contribution in [0.2, 0.25) is 0 Å². The van der Waals surface area contributed by atoms with Crippen molar-refractivity contribution in [2.24, 2.45) is 11.7 Å². The van der Waals surface area contributed by atoms with E-state index in [-0.39, 0.29) is 18.0 Å². The molecule has 94 valence electrons. The van der Waals surface area contributed by atoms with Gasteiger partial charge in [0, 0.05) is 0 Å². The molecule has 0 amide bonds. The fourth-order valence-electron chi connectivity index (χ4n) is 1.33. The Morgan fingerprint density at radius 1 is 1.24 bits per heavy atom. The maximum atomic E-state index is 12.0. The number of benzene rings is 1. The number of hydrogen-bond donors (Lipinski definition) is 1. The molecule has 0 saturated heterocycles. The highest BCUT2D eigenvalue weighted by atomic mass is 16.5. The first kappa shape index (κ1) is 13.7. The van der Waals surface area contributed by atoms with Crippen molar-refractivity contribution in [1.29, 1.82) is 0 Å². The number of carbonyl (C=O) groups is 1. The molecule has 0 aliphatic heterocycles. The predicted octanol–water partition coefficient (Wildman–Crippen LogP) is 2.45. The second kappa shape index (κ2) is 5.32. The summed E-state index contributed by atoms with van der Waals surface area (Å²) in [4.78, 5) is 12.0. The lowest BCUT2D eigenvalue weighted by Crippen LogP contribution is -2.44. The summed E-state index contributed by atoms with van der Waals surface area (Å²) in [5, 5.41) is 0. The highest BCUT2D eigenvalue weighted by Gasteiger charge is 2.33. The Morgan fingerprint density at radius 3 is 2.24 bits per heavy atom. The molecule has 0 bridgehead atoms. The normalized spacial score (nSPS) is 16.4. The summed E-state index contributed by atoms with van der Waals surface area (Å²) < 4.78 is 5.37. The van der Waals surface area contributed by atoms with Crippen molar-refractivity contribution in [2.75, 3.05) is 0 Å². The first-order valence-corrected chi connectivity index (χ1v) is 5.91. The zero-order chi connectivity index (χ0) is 13.1. The average Bonchev–Trinajstić information content (AvgIpc) is 2.29. The lowest BCUT2D eigenvalue weighted by atomic mass is 9.93. The average molecular weight is 235 g/mol. The molecule has 0 radical (unpaired) electrons. The van der Waals surface area contributed by atoms with Gasteiger partial charge in [-0.05, 0) is 25.3 Å². The minimum atomic E-state index is -1.09. The lowest BCUT2D eigenvalue weighted by molar-refractivity contribution is -0.156. The number of rotatable bonds is 4. The lowest BCUT2D eigenvalue weighted by Gasteiger charge is -2.26. The smallest absolute Gasteiger partial charge is 0.330 e. The van der Waals surface area contributed by atoms with Crippen molar-refractivity contribution in [2.45, 2.75) is 39.3 Å². The summed E-state index contributed by atoms with van der Waals surface area (Å²) in [6.07, 6.45) is -0.130. The largest absolute Gasteiger partial charge is 0.461 e. The van der Waals surface area contributed by atoms with E-state index in [1.807, 2.05) is 51.1 Å². The Kier molecular flexibility index (Phi) is 4.29. The summed E-state index contributed by atoms with van der Waals surface area (Å²) in [5.41, 5.74) is 5.73. The highest BCUT2D eigenvalue weighted by Crippen LogP contribution is 2.20. The Hall–Kier alpha value is -1.35. The zero-order valence-electron chi connectivity index (χ0n) is 10.9. The second-order valence-corrected chi connectivity index (χ2v) is 4.92. The molecule has 3 nitrogen and oxygen atoms in total. The molecule has 2 atom stereocenters. The zero-order valence-corrected chi connectivity index (χ0v) is 10.9. The van der Waals surface area contributed by atoms with Crippen LogP contribution in [0.15, 0.2) is 30.3 Å². The molecule has 0 saturated carbocycles. The van der Waals surface area contributed by atoms with E-state index in [4.69, 9.17) is 10.5 Å². The number of ether oxygens (including phenoxy) is 1. The fraction of sp³-hybridized carbons (Fsp3) is 0.500. The molecule has 0 heterocycles. The van der Waals surface area contributed by atoms with Crippen molar-refractivity contribution in [3.63, 3.8) is 0 Å². The van der Waals surface area contributed by atoms with Crippen molar-refractivity contribution >= 4 is 5.97 Å². The number of esters is 1. The van der Waals surface area contributed by atoms with Crippen LogP contribution >= 0.6 is 0 Å². The number of carbonyl (C=O) groups excluding carboxylic acids is 1. The van der Waals surface area contributed by atoms with Crippen LogP contribution in [0.4, 0.5) is 0 Å². The first-order chi connectivity index (χ1) is 7.85. The minimum Gasteiger partial charge on any atom is -0.461 e. The van der Waals surface area contributed by atoms with Crippen LogP contribution in [0.5, 0.6) is 0 Å². The van der Waals surface area contributed by atoms with Gasteiger partial charge in [-0.2, -0.15) is 0 Å². The minimum absolute atomic E-state index is 0.130. The third kappa shape index (κ3) is 3.30. The molecule has 1 aromatic rings. The predicted molar refractivity (Wildman–Crippen MR) is 68.4 cm³/mol. The molecular formula is C14H21NO2. The van der Waals surface area contributed by atoms with Crippen LogP contribution in [0.25, 0.3) is 0 Å². The van der Waals surface area contributed by atoms with Crippen LogP contribution in [0, 0.1) is 5.92 Å². The quantitative estimate of drug-likeness (QED) is 0.815. The summed E-state index contributed by atoms with van der Waals surface area (Å²) in [5.74, 6) is -0.101. The molecule has 0 aromatic heterocycles. The van der Waals surface area contributed by atoms with E-state index in [1.165, 1.54) is 0 Å². The summed E-state index contributed by atoms with van der Waals surface area (Å²) in [6, 6.07) is 9.28. The van der Waals surface area contributed by atoms with Crippen molar-refractivity contribution in [3.8, 4) is 0 Å². The summed E-state index contributed by atoms with van der Waals surface area (Å²) >= 11 is 0. The Bertz CT molecular complexity index is 371. The SMILES string of the molecule is CC(C)C(C)OC(=O)C(C)(N)c1ccccc1. The Balaban J connectivity index is 2.81. The molecule has 2 N–H and O–H groups in total. The molecule has 0 fully saturated rings. The molecule has 1 aromatic carbocycles. The number of hydrogen-bond acceptors (Lipinski definition) is 3. The third-order valence-electron chi connectivity index (χ3n) is 3.03. The summed E-state index contributed by atoms with van der Waals surface area (Å²) in [7, 11) is 0. The van der Waals surface area contributed by atoms with Gasteiger partial charge in [0.2, 0.25) is 0 Å². The highest BCUT2D eigenvalue weighted by molar-refractivity contribution is 5.82. The van der Waals surface area contributed by atoms with E-state index in [0.29, 0.717) is 0 Å². The van der Waals surface area contributed by atoms with Gasteiger partial charge in [-0.3, -0.25) is 0 Å². The molecule has 0 aliphatic carbocycles. The van der Waals surface area contributed by atoms with Crippen LogP contribution in [-0.2, 0) is 15.1 Å². The number of nitrogens with two attached hydrogens (primary N) is 1. The molecule has 0 aliphatic rings. The van der Waals surface area contributed by atoms with E-state index in [1.54, 1.807) is 6.92 Å². The van der Waals surface area contributed by atoms with Crippen LogP contribution in [0.1, 0.15) is 33.3 Å². The Morgan fingerprint density at radius 2 is 1.76 bits per heavy atom. The van der Waals surface area contributed by atoms with Crippen LogP contribution in [-0.4, -0.2) is 12.1 Å². The maximum absolute atomic E-state index is 12.0. The molecule has 3 heteroatoms. The van der Waals surface area contributed by atoms with Gasteiger partial charge in [-0.15, -0.1) is 0 Å². The molecule has 17 heavy (non-hydrogen) atoms. The van der Waals surface area contributed by atoms with Crippen LogP contribution < -0.4 is 5.73 Å². The van der Waals surface area contributed by atoms with Gasteiger partial charge >= 0.3 is 5.97 Å². The van der Waals surface area contributed by atoms with Crippen LogP contribution in [0.3, 0.4) is 0 Å². The van der Waals surface area contributed by atoms with E-state index in [0.717, 1.165) is 5.56 Å². The molecular weight excluding hydrogens is 214 g/mol. The maximum Gasteiger partial charge on any atom is 0.330 e. The first-order valence-electron chi connectivity index (χ1n) is 5.91. The van der Waals surface area contributed by atoms with Crippen molar-refractivity contribution in [3.05, 3.63) is 35.9 Å². The fourth-order valence-corrected chi connectivity index (χ4v) is 1.33. The van der Waals surface area contributed by atoms with Gasteiger partial charge < -0.3 is 10.5 Å². The molecule has 0 spiro atoms. The van der Waals surface area contributed by atoms with Gasteiger partial charge in [-0.1, -0.05) is 44.2 Å². The van der Waals surface area contributed by atoms with E-state index >= 15 is 0 Å².